The fourth-order valence-corrected chi connectivity index (χ4v) is 0.936. The van der Waals surface area contributed by atoms with Gasteiger partial charge in [0.2, 0.25) is 0 Å². The topological polar surface area (TPSA) is 28.7 Å². The quantitative estimate of drug-likeness (QED) is 0.631. The number of H-pyrrole nitrogens is 1. The van der Waals surface area contributed by atoms with Gasteiger partial charge < -0.3 is 4.98 Å². The van der Waals surface area contributed by atoms with Gasteiger partial charge in [-0.1, -0.05) is 19.8 Å². The maximum absolute atomic E-state index is 4.01. The Hall–Kier alpha value is -0.790. The van der Waals surface area contributed by atoms with Crippen molar-refractivity contribution in [3.05, 3.63) is 18.2 Å². The van der Waals surface area contributed by atoms with Crippen molar-refractivity contribution in [1.82, 2.24) is 9.97 Å². The molecule has 1 aromatic rings. The molecule has 1 N–H and O–H groups in total. The molecule has 55 valence electrons. The van der Waals surface area contributed by atoms with Crippen LogP contribution in [0.4, 0.5) is 0 Å². The van der Waals surface area contributed by atoms with Crippen molar-refractivity contribution in [3.8, 4) is 0 Å². The van der Waals surface area contributed by atoms with E-state index in [1.54, 1.807) is 0 Å². The predicted octanol–water partition coefficient (Wildman–Crippen LogP) is 1.94. The van der Waals surface area contributed by atoms with E-state index in [2.05, 4.69) is 23.2 Å². The number of aromatic amines is 1. The summed E-state index contributed by atoms with van der Waals surface area (Å²) in [6.07, 6.45) is 9.50. The number of aryl methyl sites for hydroxylation is 1. The Morgan fingerprint density at radius 1 is 1.60 bits per heavy atom. The summed E-state index contributed by atoms with van der Waals surface area (Å²) in [6, 6.07) is 0. The Labute approximate surface area is 61.7 Å². The molecule has 0 aliphatic heterocycles. The highest BCUT2D eigenvalue weighted by molar-refractivity contribution is 4.92. The van der Waals surface area contributed by atoms with Crippen molar-refractivity contribution in [2.75, 3.05) is 0 Å². The molecule has 0 atom stereocenters. The molecule has 0 aromatic carbocycles. The minimum absolute atomic E-state index is 1.09. The highest BCUT2D eigenvalue weighted by atomic mass is 14.9. The van der Waals surface area contributed by atoms with Crippen LogP contribution in [0, 0.1) is 6.33 Å². The first kappa shape index (κ1) is 7.32. The van der Waals surface area contributed by atoms with Crippen molar-refractivity contribution < 1.29 is 0 Å². The van der Waals surface area contributed by atoms with Gasteiger partial charge in [0.1, 0.15) is 0 Å². The summed E-state index contributed by atoms with van der Waals surface area (Å²) in [6.45, 7) is 2.21. The van der Waals surface area contributed by atoms with E-state index in [-0.39, 0.29) is 0 Å². The van der Waals surface area contributed by atoms with Gasteiger partial charge in [0.05, 0.1) is 5.69 Å². The summed E-state index contributed by atoms with van der Waals surface area (Å²) in [5, 5.41) is 0. The predicted molar refractivity (Wildman–Crippen MR) is 40.7 cm³/mol. The fourth-order valence-electron chi connectivity index (χ4n) is 0.936. The van der Waals surface area contributed by atoms with Crippen LogP contribution in [-0.4, -0.2) is 9.97 Å². The molecule has 2 nitrogen and oxygen atoms in total. The highest BCUT2D eigenvalue weighted by Crippen LogP contribution is 2.01. The minimum atomic E-state index is 1.09. The van der Waals surface area contributed by atoms with E-state index >= 15 is 0 Å². The number of aromatic nitrogens is 2. The fraction of sp³-hybridized carbons (Fsp3) is 0.625. The first-order chi connectivity index (χ1) is 4.93. The van der Waals surface area contributed by atoms with Crippen LogP contribution in [-0.2, 0) is 6.42 Å². The largest absolute Gasteiger partial charge is 0.342 e. The zero-order valence-corrected chi connectivity index (χ0v) is 6.35. The average molecular weight is 137 g/mol. The molecule has 0 amide bonds. The Morgan fingerprint density at radius 3 is 3.10 bits per heavy atom. The molecule has 0 aliphatic rings. The van der Waals surface area contributed by atoms with Crippen molar-refractivity contribution in [3.63, 3.8) is 0 Å². The van der Waals surface area contributed by atoms with Crippen molar-refractivity contribution >= 4 is 0 Å². The van der Waals surface area contributed by atoms with Crippen molar-refractivity contribution in [2.24, 2.45) is 0 Å². The standard InChI is InChI=1S/C8H13N2/c1-2-3-4-5-8-6-9-7-10-8/h6H,2-5H2,1H3,(H,9,10). The summed E-state index contributed by atoms with van der Waals surface area (Å²) in [4.78, 5) is 6.83. The molecule has 0 bridgehead atoms. The lowest BCUT2D eigenvalue weighted by Gasteiger charge is -1.92. The molecule has 0 spiro atoms. The second-order valence-corrected chi connectivity index (χ2v) is 2.46. The molecule has 0 saturated heterocycles. The third-order valence-electron chi connectivity index (χ3n) is 1.54. The average Bonchev–Trinajstić information content (AvgIpc) is 2.41. The number of nitrogens with zero attached hydrogens (tertiary/aromatic N) is 1. The summed E-state index contributed by atoms with van der Waals surface area (Å²) in [7, 11) is 0. The third kappa shape index (κ3) is 2.21. The maximum atomic E-state index is 4.01. The molecule has 10 heavy (non-hydrogen) atoms. The molecule has 1 aromatic heterocycles. The summed E-state index contributed by atoms with van der Waals surface area (Å²) in [5.74, 6) is 0. The Bertz CT molecular complexity index is 156. The van der Waals surface area contributed by atoms with E-state index in [1.165, 1.54) is 19.3 Å². The Balaban J connectivity index is 2.15. The number of rotatable bonds is 4. The van der Waals surface area contributed by atoms with Gasteiger partial charge >= 0.3 is 0 Å². The van der Waals surface area contributed by atoms with Crippen LogP contribution in [0.1, 0.15) is 31.9 Å². The molecule has 2 heteroatoms. The van der Waals surface area contributed by atoms with Gasteiger partial charge in [-0.2, -0.15) is 0 Å². The van der Waals surface area contributed by atoms with E-state index in [1.807, 2.05) is 6.20 Å². The molecular weight excluding hydrogens is 124 g/mol. The van der Waals surface area contributed by atoms with Crippen LogP contribution >= 0.6 is 0 Å². The molecule has 0 fully saturated rings. The second-order valence-electron chi connectivity index (χ2n) is 2.46. The molecule has 0 unspecified atom stereocenters. The summed E-state index contributed by atoms with van der Waals surface area (Å²) < 4.78 is 0. The molecule has 1 rings (SSSR count). The van der Waals surface area contributed by atoms with E-state index in [0.717, 1.165) is 12.1 Å². The number of unbranched alkanes of at least 4 members (excludes halogenated alkanes) is 2. The van der Waals surface area contributed by atoms with Crippen LogP contribution in [0.3, 0.4) is 0 Å². The Morgan fingerprint density at radius 2 is 2.50 bits per heavy atom. The van der Waals surface area contributed by atoms with Gasteiger partial charge in [-0.05, 0) is 12.8 Å². The van der Waals surface area contributed by atoms with E-state index in [0.29, 0.717) is 0 Å². The summed E-state index contributed by atoms with van der Waals surface area (Å²) >= 11 is 0. The smallest absolute Gasteiger partial charge is 0.173 e. The number of imidazole rings is 1. The molecule has 1 radical (unpaired) electrons. The van der Waals surface area contributed by atoms with Gasteiger partial charge in [0.15, 0.2) is 6.33 Å². The highest BCUT2D eigenvalue weighted by Gasteiger charge is 1.92. The van der Waals surface area contributed by atoms with Crippen LogP contribution in [0.5, 0.6) is 0 Å². The molecule has 0 aliphatic carbocycles. The van der Waals surface area contributed by atoms with Crippen LogP contribution in [0.2, 0.25) is 0 Å². The van der Waals surface area contributed by atoms with E-state index in [4.69, 9.17) is 0 Å². The van der Waals surface area contributed by atoms with Crippen molar-refractivity contribution in [1.29, 1.82) is 0 Å². The molecule has 1 heterocycles. The van der Waals surface area contributed by atoms with Crippen LogP contribution in [0.15, 0.2) is 6.20 Å². The second kappa shape index (κ2) is 4.09. The zero-order chi connectivity index (χ0) is 7.23. The number of hydrogen-bond donors (Lipinski definition) is 1. The van der Waals surface area contributed by atoms with Gasteiger partial charge in [-0.3, -0.25) is 0 Å². The third-order valence-corrected chi connectivity index (χ3v) is 1.54. The first-order valence-corrected chi connectivity index (χ1v) is 3.84. The lowest BCUT2D eigenvalue weighted by molar-refractivity contribution is 0.709. The molecule has 0 saturated carbocycles. The lowest BCUT2D eigenvalue weighted by Crippen LogP contribution is -1.83. The van der Waals surface area contributed by atoms with Crippen LogP contribution < -0.4 is 0 Å². The maximum Gasteiger partial charge on any atom is 0.173 e. The van der Waals surface area contributed by atoms with Gasteiger partial charge in [-0.25, -0.2) is 4.98 Å². The number of hydrogen-bond acceptors (Lipinski definition) is 1. The SMILES string of the molecule is CCCCCc1c[nH][c]n1. The normalized spacial score (nSPS) is 10.1. The minimum Gasteiger partial charge on any atom is -0.342 e. The molecular formula is C8H13N2. The van der Waals surface area contributed by atoms with Gasteiger partial charge in [-0.15, -0.1) is 0 Å². The zero-order valence-electron chi connectivity index (χ0n) is 6.35. The van der Waals surface area contributed by atoms with Crippen molar-refractivity contribution in [2.45, 2.75) is 32.6 Å². The van der Waals surface area contributed by atoms with Gasteiger partial charge in [0.25, 0.3) is 0 Å². The van der Waals surface area contributed by atoms with E-state index in [9.17, 15) is 0 Å². The Kier molecular flexibility index (Phi) is 3.00. The van der Waals surface area contributed by atoms with Crippen LogP contribution in [0.25, 0.3) is 0 Å². The number of nitrogens with one attached hydrogen (secondary N) is 1. The monoisotopic (exact) mass is 137 g/mol. The summed E-state index contributed by atoms with van der Waals surface area (Å²) in [5.41, 5.74) is 1.13. The van der Waals surface area contributed by atoms with Gasteiger partial charge in [0, 0.05) is 6.20 Å². The first-order valence-electron chi connectivity index (χ1n) is 3.84. The lowest BCUT2D eigenvalue weighted by atomic mass is 10.2. The van der Waals surface area contributed by atoms with E-state index < -0.39 is 0 Å².